The maximum atomic E-state index is 14.2. The molecule has 0 N–H and O–H groups in total. The minimum absolute atomic E-state index is 0.297. The molecule has 43 heavy (non-hydrogen) atoms. The molecule has 0 amide bonds. The SMILES string of the molecule is COC(=O)C(=CCS(C)(C)OS(=O)(=O)C(F)(F)C(F)(F)C(F)(F)C(F)(F)C(F)(F)C(F)(F)C(F)(F)C(F)(F)F)C(=O)OC. The van der Waals surface area contributed by atoms with Gasteiger partial charge in [-0.25, -0.2) is 13.2 Å². The van der Waals surface area contributed by atoms with E-state index in [1.54, 1.807) is 0 Å². The van der Waals surface area contributed by atoms with Crippen molar-refractivity contribution < 1.29 is 106 Å². The van der Waals surface area contributed by atoms with Gasteiger partial charge < -0.3 is 9.47 Å². The summed E-state index contributed by atoms with van der Waals surface area (Å²) in [5.74, 6) is -56.9. The minimum atomic E-state index is -8.98. The molecule has 0 bridgehead atoms. The highest BCUT2D eigenvalue weighted by Crippen LogP contribution is 2.65. The first-order chi connectivity index (χ1) is 18.5. The van der Waals surface area contributed by atoms with Crippen molar-refractivity contribution in [2.45, 2.75) is 47.0 Å². The normalized spacial score (nSPS) is 15.6. The molecule has 0 spiro atoms. The summed E-state index contributed by atoms with van der Waals surface area (Å²) in [5, 5.41) is -7.87. The van der Waals surface area contributed by atoms with Crippen LogP contribution in [0.2, 0.25) is 0 Å². The van der Waals surface area contributed by atoms with Crippen LogP contribution >= 0.6 is 10.3 Å². The molecule has 0 aliphatic carbocycles. The summed E-state index contributed by atoms with van der Waals surface area (Å²) < 4.78 is 263. The Morgan fingerprint density at radius 1 is 0.581 bits per heavy atom. The van der Waals surface area contributed by atoms with Crippen molar-refractivity contribution in [3.05, 3.63) is 11.6 Å². The van der Waals surface area contributed by atoms with Crippen LogP contribution in [0.25, 0.3) is 0 Å². The van der Waals surface area contributed by atoms with E-state index in [1.807, 2.05) is 0 Å². The van der Waals surface area contributed by atoms with Crippen molar-refractivity contribution in [1.82, 2.24) is 0 Å². The van der Waals surface area contributed by atoms with Gasteiger partial charge in [0.25, 0.3) is 0 Å². The molecular weight excluding hydrogens is 703 g/mol. The Morgan fingerprint density at radius 3 is 1.19 bits per heavy atom. The number of ether oxygens (including phenoxy) is 2. The zero-order valence-corrected chi connectivity index (χ0v) is 22.5. The number of methoxy groups -OCH3 is 2. The van der Waals surface area contributed by atoms with Gasteiger partial charge in [-0.1, -0.05) is 6.08 Å². The van der Waals surface area contributed by atoms with E-state index in [4.69, 9.17) is 0 Å². The third-order valence-electron chi connectivity index (χ3n) is 4.78. The molecule has 0 saturated heterocycles. The lowest BCUT2D eigenvalue weighted by atomic mass is 9.91. The number of halogens is 17. The van der Waals surface area contributed by atoms with E-state index in [9.17, 15) is 92.6 Å². The van der Waals surface area contributed by atoms with Crippen LogP contribution in [0.1, 0.15) is 0 Å². The molecule has 0 heterocycles. The topological polar surface area (TPSA) is 96.0 Å². The van der Waals surface area contributed by atoms with Gasteiger partial charge in [-0.2, -0.15) is 83.1 Å². The van der Waals surface area contributed by atoms with Crippen molar-refractivity contribution in [2.75, 3.05) is 32.5 Å². The zero-order valence-electron chi connectivity index (χ0n) is 20.9. The van der Waals surface area contributed by atoms with Crippen LogP contribution in [-0.4, -0.2) is 99.8 Å². The first-order valence-electron chi connectivity index (χ1n) is 9.77. The van der Waals surface area contributed by atoms with Gasteiger partial charge in [-0.05, 0) is 12.5 Å². The molecule has 26 heteroatoms. The maximum absolute atomic E-state index is 14.2. The molecule has 0 rings (SSSR count). The van der Waals surface area contributed by atoms with Crippen molar-refractivity contribution in [3.8, 4) is 0 Å². The molecule has 0 aliphatic heterocycles. The Hall–Kier alpha value is -2.25. The van der Waals surface area contributed by atoms with E-state index >= 15 is 0 Å². The van der Waals surface area contributed by atoms with Crippen LogP contribution in [0.5, 0.6) is 0 Å². The van der Waals surface area contributed by atoms with Gasteiger partial charge in [0.1, 0.15) is 5.57 Å². The lowest BCUT2D eigenvalue weighted by Gasteiger charge is -2.42. The summed E-state index contributed by atoms with van der Waals surface area (Å²) in [6, 6.07) is 0. The van der Waals surface area contributed by atoms with Crippen LogP contribution in [-0.2, 0) is 32.8 Å². The fourth-order valence-corrected chi connectivity index (χ4v) is 5.89. The number of esters is 2. The van der Waals surface area contributed by atoms with E-state index in [0.29, 0.717) is 32.8 Å². The molecular formula is C17H15F17O7S2. The molecule has 0 aromatic heterocycles. The van der Waals surface area contributed by atoms with Crippen LogP contribution in [0.3, 0.4) is 0 Å². The Labute approximate surface area is 229 Å². The van der Waals surface area contributed by atoms with Crippen LogP contribution in [0.15, 0.2) is 11.6 Å². The van der Waals surface area contributed by atoms with Gasteiger partial charge >= 0.3 is 69.0 Å². The predicted molar refractivity (Wildman–Crippen MR) is 107 cm³/mol. The highest BCUT2D eigenvalue weighted by molar-refractivity contribution is 8.32. The molecule has 0 unspecified atom stereocenters. The van der Waals surface area contributed by atoms with Crippen molar-refractivity contribution in [1.29, 1.82) is 0 Å². The van der Waals surface area contributed by atoms with Gasteiger partial charge in [0, 0.05) is 5.75 Å². The fraction of sp³-hybridized carbons (Fsp3) is 0.765. The smallest absolute Gasteiger partial charge is 0.460 e. The highest BCUT2D eigenvalue weighted by atomic mass is 32.3. The Morgan fingerprint density at radius 2 is 0.884 bits per heavy atom. The summed E-state index contributed by atoms with van der Waals surface area (Å²) in [4.78, 5) is 23.1. The average Bonchev–Trinajstić information content (AvgIpc) is 2.81. The van der Waals surface area contributed by atoms with Crippen molar-refractivity contribution >= 4 is 32.4 Å². The molecule has 0 saturated carbocycles. The second-order valence-corrected chi connectivity index (χ2v) is 13.4. The van der Waals surface area contributed by atoms with Crippen molar-refractivity contribution in [3.63, 3.8) is 0 Å². The number of hydrogen-bond acceptors (Lipinski definition) is 7. The van der Waals surface area contributed by atoms with Gasteiger partial charge in [-0.3, -0.25) is 0 Å². The molecule has 256 valence electrons. The molecule has 0 fully saturated rings. The first kappa shape index (κ1) is 40.8. The van der Waals surface area contributed by atoms with Gasteiger partial charge in [0.2, 0.25) is 0 Å². The monoisotopic (exact) mass is 718 g/mol. The Balaban J connectivity index is 6.87. The quantitative estimate of drug-likeness (QED) is 0.0811. The molecule has 7 nitrogen and oxygen atoms in total. The average molecular weight is 718 g/mol. The molecule has 0 aromatic carbocycles. The summed E-state index contributed by atoms with van der Waals surface area (Å²) in [5.41, 5.74) is -1.14. The van der Waals surface area contributed by atoms with Gasteiger partial charge in [0.05, 0.1) is 14.2 Å². The zero-order chi connectivity index (χ0) is 35.3. The van der Waals surface area contributed by atoms with Crippen LogP contribution < -0.4 is 0 Å². The van der Waals surface area contributed by atoms with E-state index in [-0.39, 0.29) is 0 Å². The summed E-state index contributed by atoms with van der Waals surface area (Å²) in [6.45, 7) is 0. The number of carbonyl (C=O) groups is 2. The second kappa shape index (κ2) is 11.6. The van der Waals surface area contributed by atoms with E-state index in [0.717, 1.165) is 0 Å². The van der Waals surface area contributed by atoms with Crippen LogP contribution in [0.4, 0.5) is 74.6 Å². The predicted octanol–water partition coefficient (Wildman–Crippen LogP) is 5.55. The molecule has 0 atom stereocenters. The number of alkyl halides is 17. The van der Waals surface area contributed by atoms with E-state index in [2.05, 4.69) is 13.1 Å². The number of rotatable bonds is 13. The third kappa shape index (κ3) is 6.45. The third-order valence-corrected chi connectivity index (χ3v) is 8.82. The molecule has 0 aliphatic rings. The summed E-state index contributed by atoms with van der Waals surface area (Å²) >= 11 is 0. The van der Waals surface area contributed by atoms with Crippen molar-refractivity contribution in [2.24, 2.45) is 0 Å². The standard InChI is InChI=1S/C17H15F17O7S2/c1-39-8(35)7(9(36)40-2)5-6-42(3,4)41-43(37,38)17(33,34)15(28,29)13(24,25)11(20,21)10(18,19)12(22,23)14(26,27)16(30,31)32/h5H,6H2,1-4H3. The summed E-state index contributed by atoms with van der Waals surface area (Å²) in [7, 11) is -10.6. The minimum Gasteiger partial charge on any atom is -0.465 e. The Kier molecular flexibility index (Phi) is 11.0. The number of hydrogen-bond donors (Lipinski definition) is 0. The molecule has 0 aromatic rings. The summed E-state index contributed by atoms with van der Waals surface area (Å²) in [6.07, 6.45) is -6.89. The largest absolute Gasteiger partial charge is 0.465 e. The van der Waals surface area contributed by atoms with E-state index in [1.165, 1.54) is 0 Å². The second-order valence-electron chi connectivity index (χ2n) is 8.19. The number of carbonyl (C=O) groups excluding carboxylic acids is 2. The fourth-order valence-electron chi connectivity index (χ4n) is 2.37. The lowest BCUT2D eigenvalue weighted by molar-refractivity contribution is -0.458. The highest BCUT2D eigenvalue weighted by Gasteiger charge is 2.96. The maximum Gasteiger partial charge on any atom is 0.460 e. The van der Waals surface area contributed by atoms with E-state index < -0.39 is 90.7 Å². The molecule has 0 radical (unpaired) electrons. The van der Waals surface area contributed by atoms with Gasteiger partial charge in [0.15, 0.2) is 0 Å². The Bertz CT molecular complexity index is 1190. The lowest BCUT2D eigenvalue weighted by Crippen LogP contribution is -2.75. The van der Waals surface area contributed by atoms with Gasteiger partial charge in [-0.15, -0.1) is 10.3 Å². The van der Waals surface area contributed by atoms with Crippen LogP contribution in [0, 0.1) is 0 Å². The first-order valence-corrected chi connectivity index (χ1v) is 13.7.